The summed E-state index contributed by atoms with van der Waals surface area (Å²) in [5.41, 5.74) is 0. The predicted molar refractivity (Wildman–Crippen MR) is 86.9 cm³/mol. The number of nitrogens with one attached hydrogen (secondary N) is 2. The number of hydrogen-bond acceptors (Lipinski definition) is 7. The van der Waals surface area contributed by atoms with Crippen LogP contribution in [0.1, 0.15) is 26.2 Å². The minimum Gasteiger partial charge on any atom is -0.357 e. The van der Waals surface area contributed by atoms with Crippen LogP contribution in [0.15, 0.2) is 0 Å². The smallest absolute Gasteiger partial charge is 0.231 e. The number of rotatable bonds is 7. The van der Waals surface area contributed by atoms with Gasteiger partial charge in [0.25, 0.3) is 0 Å². The van der Waals surface area contributed by atoms with E-state index >= 15 is 0 Å². The van der Waals surface area contributed by atoms with E-state index in [2.05, 4.69) is 43.7 Å². The Morgan fingerprint density at radius 2 is 1.90 bits per heavy atom. The van der Waals surface area contributed by atoms with Crippen molar-refractivity contribution in [3.8, 4) is 0 Å². The maximum Gasteiger partial charge on any atom is 0.231 e. The highest BCUT2D eigenvalue weighted by molar-refractivity contribution is 7.99. The van der Waals surface area contributed by atoms with E-state index in [1.54, 1.807) is 0 Å². The first-order valence-corrected chi connectivity index (χ1v) is 8.47. The van der Waals surface area contributed by atoms with Crippen LogP contribution in [0, 0.1) is 0 Å². The Morgan fingerprint density at radius 1 is 1.20 bits per heavy atom. The molecule has 0 radical (unpaired) electrons. The van der Waals surface area contributed by atoms with Gasteiger partial charge in [-0.25, -0.2) is 0 Å². The Balaban J connectivity index is 2.01. The van der Waals surface area contributed by atoms with E-state index in [1.165, 1.54) is 12.8 Å². The molecule has 1 saturated heterocycles. The Labute approximate surface area is 125 Å². The standard InChI is InChI=1S/C13H24N6S/c1-10(20-3)6-7-15-12-16-11(14-2)17-13(18-12)19-8-4-5-9-19/h10H,4-9H2,1-3H3,(H2,14,15,16,17,18). The number of hydrogen-bond donors (Lipinski definition) is 2. The molecule has 0 aromatic carbocycles. The van der Waals surface area contributed by atoms with Gasteiger partial charge in [0.15, 0.2) is 0 Å². The first kappa shape index (κ1) is 15.2. The molecule has 6 nitrogen and oxygen atoms in total. The van der Waals surface area contributed by atoms with Gasteiger partial charge in [0.1, 0.15) is 0 Å². The van der Waals surface area contributed by atoms with Gasteiger partial charge in [-0.2, -0.15) is 26.7 Å². The van der Waals surface area contributed by atoms with E-state index in [0.29, 0.717) is 17.1 Å². The van der Waals surface area contributed by atoms with Gasteiger partial charge >= 0.3 is 0 Å². The van der Waals surface area contributed by atoms with Crippen LogP contribution in [0.5, 0.6) is 0 Å². The third-order valence-corrected chi connectivity index (χ3v) is 4.51. The van der Waals surface area contributed by atoms with E-state index in [0.717, 1.165) is 32.0 Å². The fraction of sp³-hybridized carbons (Fsp3) is 0.769. The Bertz CT molecular complexity index is 421. The molecule has 112 valence electrons. The van der Waals surface area contributed by atoms with Crippen LogP contribution in [0.2, 0.25) is 0 Å². The lowest BCUT2D eigenvalue weighted by atomic mass is 10.3. The molecule has 1 unspecified atom stereocenters. The Kier molecular flexibility index (Phi) is 5.70. The molecule has 1 fully saturated rings. The predicted octanol–water partition coefficient (Wildman–Crippen LogP) is 2.07. The summed E-state index contributed by atoms with van der Waals surface area (Å²) in [6.45, 7) is 5.19. The van der Waals surface area contributed by atoms with Gasteiger partial charge in [-0.1, -0.05) is 6.92 Å². The van der Waals surface area contributed by atoms with Crippen molar-refractivity contribution in [1.82, 2.24) is 15.0 Å². The molecular formula is C13H24N6S. The average molecular weight is 296 g/mol. The summed E-state index contributed by atoms with van der Waals surface area (Å²) >= 11 is 1.88. The molecule has 0 aliphatic carbocycles. The van der Waals surface area contributed by atoms with Crippen molar-refractivity contribution in [3.05, 3.63) is 0 Å². The third-order valence-electron chi connectivity index (χ3n) is 3.47. The Morgan fingerprint density at radius 3 is 2.55 bits per heavy atom. The first-order chi connectivity index (χ1) is 9.72. The zero-order valence-electron chi connectivity index (χ0n) is 12.5. The molecule has 1 aliphatic heterocycles. The lowest BCUT2D eigenvalue weighted by Crippen LogP contribution is -2.22. The van der Waals surface area contributed by atoms with Crippen LogP contribution in [0.3, 0.4) is 0 Å². The van der Waals surface area contributed by atoms with Crippen molar-refractivity contribution < 1.29 is 0 Å². The number of aromatic nitrogens is 3. The second-order valence-corrected chi connectivity index (χ2v) is 6.26. The molecule has 7 heteroatoms. The second kappa shape index (κ2) is 7.52. The molecule has 2 rings (SSSR count). The normalized spacial score (nSPS) is 16.2. The highest BCUT2D eigenvalue weighted by Crippen LogP contribution is 2.18. The molecule has 2 heterocycles. The summed E-state index contributed by atoms with van der Waals surface area (Å²) in [5, 5.41) is 6.96. The van der Waals surface area contributed by atoms with Crippen LogP contribution < -0.4 is 15.5 Å². The SMILES string of the molecule is CNc1nc(NCCC(C)SC)nc(N2CCCC2)n1. The molecule has 20 heavy (non-hydrogen) atoms. The van der Waals surface area contributed by atoms with Gasteiger partial charge in [0, 0.05) is 31.9 Å². The summed E-state index contributed by atoms with van der Waals surface area (Å²) in [7, 11) is 1.84. The average Bonchev–Trinajstić information content (AvgIpc) is 3.01. The molecular weight excluding hydrogens is 272 g/mol. The molecule has 0 saturated carbocycles. The van der Waals surface area contributed by atoms with Gasteiger partial charge in [0.2, 0.25) is 17.8 Å². The lowest BCUT2D eigenvalue weighted by molar-refractivity contribution is 0.833. The fourth-order valence-corrected chi connectivity index (χ4v) is 2.47. The zero-order chi connectivity index (χ0) is 14.4. The maximum atomic E-state index is 4.53. The molecule has 1 aromatic heterocycles. The summed E-state index contributed by atoms with van der Waals surface area (Å²) in [6.07, 6.45) is 5.67. The molecule has 2 N–H and O–H groups in total. The lowest BCUT2D eigenvalue weighted by Gasteiger charge is -2.17. The van der Waals surface area contributed by atoms with Gasteiger partial charge < -0.3 is 15.5 Å². The van der Waals surface area contributed by atoms with Gasteiger partial charge in [-0.05, 0) is 25.5 Å². The van der Waals surface area contributed by atoms with Crippen LogP contribution in [-0.2, 0) is 0 Å². The van der Waals surface area contributed by atoms with Crippen molar-refractivity contribution in [1.29, 1.82) is 0 Å². The van der Waals surface area contributed by atoms with Gasteiger partial charge in [0.05, 0.1) is 0 Å². The topological polar surface area (TPSA) is 66.0 Å². The van der Waals surface area contributed by atoms with Crippen molar-refractivity contribution in [2.24, 2.45) is 0 Å². The van der Waals surface area contributed by atoms with Crippen molar-refractivity contribution in [2.45, 2.75) is 31.4 Å². The van der Waals surface area contributed by atoms with Crippen LogP contribution in [0.4, 0.5) is 17.8 Å². The van der Waals surface area contributed by atoms with Crippen LogP contribution >= 0.6 is 11.8 Å². The molecule has 0 spiro atoms. The monoisotopic (exact) mass is 296 g/mol. The van der Waals surface area contributed by atoms with Gasteiger partial charge in [-0.15, -0.1) is 0 Å². The molecule has 1 aromatic rings. The highest BCUT2D eigenvalue weighted by atomic mass is 32.2. The van der Waals surface area contributed by atoms with E-state index in [4.69, 9.17) is 0 Å². The minimum atomic E-state index is 0.627. The highest BCUT2D eigenvalue weighted by Gasteiger charge is 2.17. The van der Waals surface area contributed by atoms with Gasteiger partial charge in [-0.3, -0.25) is 0 Å². The molecule has 0 bridgehead atoms. The second-order valence-electron chi connectivity index (χ2n) is 4.99. The minimum absolute atomic E-state index is 0.627. The number of nitrogens with zero attached hydrogens (tertiary/aromatic N) is 4. The zero-order valence-corrected chi connectivity index (χ0v) is 13.3. The third kappa shape index (κ3) is 4.13. The van der Waals surface area contributed by atoms with Crippen molar-refractivity contribution >= 4 is 29.6 Å². The molecule has 0 amide bonds. The molecule has 1 atom stereocenters. The fourth-order valence-electron chi connectivity index (χ4n) is 2.12. The van der Waals surface area contributed by atoms with E-state index in [9.17, 15) is 0 Å². The van der Waals surface area contributed by atoms with Crippen LogP contribution in [-0.4, -0.2) is 53.1 Å². The summed E-state index contributed by atoms with van der Waals surface area (Å²) in [4.78, 5) is 15.6. The van der Waals surface area contributed by atoms with Crippen molar-refractivity contribution in [2.75, 3.05) is 48.5 Å². The maximum absolute atomic E-state index is 4.53. The Hall–Kier alpha value is -1.24. The first-order valence-electron chi connectivity index (χ1n) is 7.18. The largest absolute Gasteiger partial charge is 0.357 e. The summed E-state index contributed by atoms with van der Waals surface area (Å²) in [5.74, 6) is 2.07. The summed E-state index contributed by atoms with van der Waals surface area (Å²) in [6, 6.07) is 0. The van der Waals surface area contributed by atoms with E-state index in [1.807, 2.05) is 18.8 Å². The summed E-state index contributed by atoms with van der Waals surface area (Å²) < 4.78 is 0. The van der Waals surface area contributed by atoms with E-state index in [-0.39, 0.29) is 0 Å². The molecule has 1 aliphatic rings. The van der Waals surface area contributed by atoms with E-state index < -0.39 is 0 Å². The van der Waals surface area contributed by atoms with Crippen LogP contribution in [0.25, 0.3) is 0 Å². The quantitative estimate of drug-likeness (QED) is 0.798. The number of anilines is 3. The number of thioether (sulfide) groups is 1. The van der Waals surface area contributed by atoms with Crippen molar-refractivity contribution in [3.63, 3.8) is 0 Å².